The van der Waals surface area contributed by atoms with E-state index < -0.39 is 0 Å². The Kier molecular flexibility index (Phi) is 5.80. The quantitative estimate of drug-likeness (QED) is 0.251. The number of fused-ring (bicyclic) bond motifs is 1. The Balaban J connectivity index is 1.57. The lowest BCUT2D eigenvalue weighted by Crippen LogP contribution is -2.26. The molecule has 5 heteroatoms. The number of nitrogens with zero attached hydrogens (tertiary/aromatic N) is 3. The molecule has 0 saturated carbocycles. The third kappa shape index (κ3) is 4.05. The van der Waals surface area contributed by atoms with E-state index in [-0.39, 0.29) is 6.04 Å². The zero-order valence-corrected chi connectivity index (χ0v) is 19.9. The fourth-order valence-corrected chi connectivity index (χ4v) is 4.70. The van der Waals surface area contributed by atoms with E-state index in [1.807, 2.05) is 83.9 Å². The van der Waals surface area contributed by atoms with E-state index >= 15 is 0 Å². The van der Waals surface area contributed by atoms with Crippen molar-refractivity contribution in [1.82, 2.24) is 5.01 Å². The molecule has 1 atom stereocenters. The average Bonchev–Trinajstić information content (AvgIpc) is 3.34. The summed E-state index contributed by atoms with van der Waals surface area (Å²) in [6, 6.07) is 38.7. The maximum absolute atomic E-state index is 6.64. The maximum Gasteiger partial charge on any atom is 0.162 e. The topological polar surface area (TPSA) is 50.3 Å². The van der Waals surface area contributed by atoms with Crippen LogP contribution in [0.5, 0.6) is 5.75 Å². The van der Waals surface area contributed by atoms with Gasteiger partial charge in [-0.05, 0) is 35.4 Å². The van der Waals surface area contributed by atoms with Crippen molar-refractivity contribution >= 4 is 5.69 Å². The van der Waals surface area contributed by atoms with E-state index in [1.54, 1.807) is 7.11 Å². The first-order valence-electron chi connectivity index (χ1n) is 12.0. The van der Waals surface area contributed by atoms with Gasteiger partial charge >= 0.3 is 0 Å². The molecule has 1 aliphatic heterocycles. The van der Waals surface area contributed by atoms with Gasteiger partial charge in [0, 0.05) is 11.1 Å². The summed E-state index contributed by atoms with van der Waals surface area (Å²) < 4.78 is 12.0. The standard InChI is InChI=1S/C31H25N3O2/c1-35-26-19-17-25(18-20-26)30-27-28(31(36-30)24-15-9-4-10-16-24)32-33-34(21-22-11-5-2-6-12-22)29(27)23-13-7-3-8-14-23/h2-20,29H,21H2,1H3. The van der Waals surface area contributed by atoms with Crippen molar-refractivity contribution in [3.05, 3.63) is 132 Å². The van der Waals surface area contributed by atoms with E-state index in [9.17, 15) is 0 Å². The normalized spacial score (nSPS) is 14.5. The number of benzene rings is 4. The first-order chi connectivity index (χ1) is 17.8. The van der Waals surface area contributed by atoms with E-state index in [0.29, 0.717) is 6.54 Å². The fourth-order valence-electron chi connectivity index (χ4n) is 4.70. The number of furan rings is 1. The fraction of sp³-hybridized carbons (Fsp3) is 0.0968. The van der Waals surface area contributed by atoms with Crippen molar-refractivity contribution in [1.29, 1.82) is 0 Å². The minimum Gasteiger partial charge on any atom is -0.497 e. The summed E-state index contributed by atoms with van der Waals surface area (Å²) in [5.74, 6) is 2.31. The van der Waals surface area contributed by atoms with Gasteiger partial charge in [-0.3, -0.25) is 5.01 Å². The van der Waals surface area contributed by atoms with Gasteiger partial charge < -0.3 is 9.15 Å². The van der Waals surface area contributed by atoms with Gasteiger partial charge in [-0.1, -0.05) is 96.2 Å². The zero-order valence-electron chi connectivity index (χ0n) is 19.9. The molecule has 2 heterocycles. The zero-order chi connectivity index (χ0) is 24.3. The van der Waals surface area contributed by atoms with Gasteiger partial charge in [0.2, 0.25) is 0 Å². The van der Waals surface area contributed by atoms with E-state index in [4.69, 9.17) is 19.5 Å². The lowest BCUT2D eigenvalue weighted by Gasteiger charge is -2.31. The Morgan fingerprint density at radius 2 is 1.33 bits per heavy atom. The molecule has 0 saturated heterocycles. The van der Waals surface area contributed by atoms with Crippen LogP contribution in [-0.4, -0.2) is 12.1 Å². The van der Waals surface area contributed by atoms with Crippen LogP contribution in [0.2, 0.25) is 0 Å². The van der Waals surface area contributed by atoms with Gasteiger partial charge in [-0.25, -0.2) is 0 Å². The molecule has 6 rings (SSSR count). The lowest BCUT2D eigenvalue weighted by atomic mass is 9.93. The van der Waals surface area contributed by atoms with Crippen LogP contribution in [0.3, 0.4) is 0 Å². The number of ether oxygens (including phenoxy) is 1. The predicted molar refractivity (Wildman–Crippen MR) is 141 cm³/mol. The minimum atomic E-state index is -0.169. The van der Waals surface area contributed by atoms with Crippen LogP contribution in [-0.2, 0) is 6.54 Å². The molecule has 0 spiro atoms. The van der Waals surface area contributed by atoms with E-state index in [1.165, 1.54) is 5.56 Å². The SMILES string of the molecule is COc1ccc(-c2oc(-c3ccccc3)c3c2C(c2ccccc2)N(Cc2ccccc2)N=N3)cc1. The molecule has 5 nitrogen and oxygen atoms in total. The molecular weight excluding hydrogens is 446 g/mol. The van der Waals surface area contributed by atoms with Crippen LogP contribution in [0.1, 0.15) is 22.7 Å². The van der Waals surface area contributed by atoms with E-state index in [2.05, 4.69) is 36.4 Å². The van der Waals surface area contributed by atoms with E-state index in [0.717, 1.165) is 45.2 Å². The molecule has 0 N–H and O–H groups in total. The second-order valence-corrected chi connectivity index (χ2v) is 8.70. The van der Waals surface area contributed by atoms with Crippen LogP contribution in [0, 0.1) is 0 Å². The molecule has 1 unspecified atom stereocenters. The first kappa shape index (κ1) is 21.9. The largest absolute Gasteiger partial charge is 0.497 e. The Morgan fingerprint density at radius 3 is 2.00 bits per heavy atom. The van der Waals surface area contributed by atoms with Crippen LogP contribution < -0.4 is 4.74 Å². The molecule has 176 valence electrons. The van der Waals surface area contributed by atoms with Crippen LogP contribution in [0.4, 0.5) is 5.69 Å². The molecule has 5 aromatic rings. The van der Waals surface area contributed by atoms with Crippen molar-refractivity contribution in [2.75, 3.05) is 7.11 Å². The third-order valence-electron chi connectivity index (χ3n) is 6.44. The Morgan fingerprint density at radius 1 is 0.722 bits per heavy atom. The lowest BCUT2D eigenvalue weighted by molar-refractivity contribution is 0.203. The summed E-state index contributed by atoms with van der Waals surface area (Å²) >= 11 is 0. The van der Waals surface area contributed by atoms with Gasteiger partial charge in [0.15, 0.2) is 5.76 Å². The molecule has 0 radical (unpaired) electrons. The highest BCUT2D eigenvalue weighted by atomic mass is 16.5. The summed E-state index contributed by atoms with van der Waals surface area (Å²) in [7, 11) is 1.67. The minimum absolute atomic E-state index is 0.169. The summed E-state index contributed by atoms with van der Waals surface area (Å²) in [5, 5.41) is 11.5. The van der Waals surface area contributed by atoms with Gasteiger partial charge in [0.25, 0.3) is 0 Å². The van der Waals surface area contributed by atoms with Gasteiger partial charge in [-0.15, -0.1) is 5.11 Å². The highest BCUT2D eigenvalue weighted by molar-refractivity contribution is 5.82. The van der Waals surface area contributed by atoms with Crippen molar-refractivity contribution in [2.45, 2.75) is 12.6 Å². The van der Waals surface area contributed by atoms with Gasteiger partial charge in [0.1, 0.15) is 23.2 Å². The van der Waals surface area contributed by atoms with Gasteiger partial charge in [-0.2, -0.15) is 0 Å². The van der Waals surface area contributed by atoms with Crippen molar-refractivity contribution in [3.8, 4) is 28.4 Å². The molecule has 0 fully saturated rings. The monoisotopic (exact) mass is 471 g/mol. The molecule has 0 amide bonds. The second kappa shape index (κ2) is 9.55. The summed E-state index contributed by atoms with van der Waals surface area (Å²) in [4.78, 5) is 0. The van der Waals surface area contributed by atoms with Crippen molar-refractivity contribution < 1.29 is 9.15 Å². The van der Waals surface area contributed by atoms with Crippen molar-refractivity contribution in [2.24, 2.45) is 10.3 Å². The number of hydrogen-bond acceptors (Lipinski definition) is 5. The summed E-state index contributed by atoms with van der Waals surface area (Å²) in [6.07, 6.45) is 0. The molecular formula is C31H25N3O2. The van der Waals surface area contributed by atoms with Crippen molar-refractivity contribution in [3.63, 3.8) is 0 Å². The molecule has 0 aliphatic carbocycles. The molecule has 4 aromatic carbocycles. The highest BCUT2D eigenvalue weighted by Crippen LogP contribution is 2.51. The number of rotatable bonds is 6. The van der Waals surface area contributed by atoms with Crippen LogP contribution in [0.15, 0.2) is 130 Å². The average molecular weight is 472 g/mol. The third-order valence-corrected chi connectivity index (χ3v) is 6.44. The van der Waals surface area contributed by atoms with Crippen LogP contribution in [0.25, 0.3) is 22.6 Å². The first-order valence-corrected chi connectivity index (χ1v) is 12.0. The predicted octanol–water partition coefficient (Wildman–Crippen LogP) is 8.23. The summed E-state index contributed by atoms with van der Waals surface area (Å²) in [5.41, 5.74) is 6.01. The van der Waals surface area contributed by atoms with Gasteiger partial charge in [0.05, 0.1) is 19.2 Å². The molecule has 1 aliphatic rings. The number of hydrogen-bond donors (Lipinski definition) is 0. The second-order valence-electron chi connectivity index (χ2n) is 8.70. The number of methoxy groups -OCH3 is 1. The maximum atomic E-state index is 6.64. The Labute approximate surface area is 210 Å². The molecule has 0 bridgehead atoms. The Bertz CT molecular complexity index is 1480. The Hall–Kier alpha value is -4.64. The smallest absolute Gasteiger partial charge is 0.162 e. The summed E-state index contributed by atoms with van der Waals surface area (Å²) in [6.45, 7) is 0.622. The molecule has 36 heavy (non-hydrogen) atoms. The van der Waals surface area contributed by atoms with Crippen LogP contribution >= 0.6 is 0 Å². The highest BCUT2D eigenvalue weighted by Gasteiger charge is 2.36. The molecule has 1 aromatic heterocycles.